The third kappa shape index (κ3) is 7.13. The number of phenols is 1. The number of hydrogen-bond donors (Lipinski definition) is 7. The lowest BCUT2D eigenvalue weighted by molar-refractivity contribution is -0.298. The van der Waals surface area contributed by atoms with Gasteiger partial charge in [-0.3, -0.25) is 0 Å². The monoisotopic (exact) mass is 568 g/mol. The summed E-state index contributed by atoms with van der Waals surface area (Å²) in [7, 11) is 4.19. The fourth-order valence-corrected chi connectivity index (χ4v) is 4.10. The summed E-state index contributed by atoms with van der Waals surface area (Å²) >= 11 is 0. The highest BCUT2D eigenvalue weighted by molar-refractivity contribution is 5.62. The average Bonchev–Trinajstić information content (AvgIpc) is 2.97. The van der Waals surface area contributed by atoms with Crippen molar-refractivity contribution >= 4 is 6.08 Å². The Labute approximate surface area is 231 Å². The van der Waals surface area contributed by atoms with Gasteiger partial charge in [0.05, 0.1) is 41.2 Å². The number of aromatic hydroxyl groups is 1. The molecule has 1 aliphatic rings. The minimum absolute atomic E-state index is 0.0551. The van der Waals surface area contributed by atoms with Crippen LogP contribution < -0.4 is 18.9 Å². The lowest BCUT2D eigenvalue weighted by Gasteiger charge is -2.39. The number of phenolic OH excluding ortho intramolecular Hbond substituents is 1. The van der Waals surface area contributed by atoms with E-state index in [1.54, 1.807) is 24.3 Å². The highest BCUT2D eigenvalue weighted by Crippen LogP contribution is 2.41. The normalized spacial score (nSPS) is 24.5. The van der Waals surface area contributed by atoms with Gasteiger partial charge in [-0.15, -0.1) is 0 Å². The Hall–Kier alpha value is -3.14. The summed E-state index contributed by atoms with van der Waals surface area (Å²) in [6, 6.07) is 7.50. The summed E-state index contributed by atoms with van der Waals surface area (Å²) in [6.07, 6.45) is -6.07. The van der Waals surface area contributed by atoms with Gasteiger partial charge in [0, 0.05) is 0 Å². The molecule has 0 aliphatic carbocycles. The standard InChI is InChI=1S/C27H36O13/c1-35-17-11-15(6-7-16(17)30)22(31)20(12-28)39-26-18(36-2)9-14(10-19(26)37-3)5-4-8-38-27-25(34)24(33)23(32)21(13-29)40-27/h4-7,9-11,20-25,27-34H,8,12-13H2,1-3H3/b5-4+/t20-,21-,22+,23-,24+,25-,27-/m1/s1. The molecule has 1 fully saturated rings. The predicted molar refractivity (Wildman–Crippen MR) is 139 cm³/mol. The van der Waals surface area contributed by atoms with E-state index < -0.39 is 56.1 Å². The zero-order valence-corrected chi connectivity index (χ0v) is 22.3. The van der Waals surface area contributed by atoms with Crippen LogP contribution in [0.3, 0.4) is 0 Å². The van der Waals surface area contributed by atoms with Crippen molar-refractivity contribution in [3.8, 4) is 28.7 Å². The quantitative estimate of drug-likeness (QED) is 0.167. The molecular formula is C27H36O13. The Morgan fingerprint density at radius 2 is 1.55 bits per heavy atom. The van der Waals surface area contributed by atoms with E-state index >= 15 is 0 Å². The van der Waals surface area contributed by atoms with E-state index in [0.717, 1.165) is 0 Å². The zero-order chi connectivity index (χ0) is 29.4. The van der Waals surface area contributed by atoms with Crippen LogP contribution in [0.4, 0.5) is 0 Å². The molecule has 1 aliphatic heterocycles. The molecule has 0 amide bonds. The molecule has 0 bridgehead atoms. The summed E-state index contributed by atoms with van der Waals surface area (Å²) in [6.45, 7) is -1.18. The summed E-state index contributed by atoms with van der Waals surface area (Å²) in [4.78, 5) is 0. The van der Waals surface area contributed by atoms with Gasteiger partial charge in [0.15, 0.2) is 35.4 Å². The van der Waals surface area contributed by atoms with Gasteiger partial charge in [0.1, 0.15) is 30.5 Å². The average molecular weight is 569 g/mol. The number of aliphatic hydroxyl groups is 6. The molecule has 3 rings (SSSR count). The van der Waals surface area contributed by atoms with E-state index in [9.17, 15) is 35.7 Å². The van der Waals surface area contributed by atoms with Crippen molar-refractivity contribution in [1.82, 2.24) is 0 Å². The molecule has 40 heavy (non-hydrogen) atoms. The second-order valence-electron chi connectivity index (χ2n) is 8.90. The molecule has 0 radical (unpaired) electrons. The molecule has 1 heterocycles. The van der Waals surface area contributed by atoms with Gasteiger partial charge < -0.3 is 64.2 Å². The molecule has 7 atom stereocenters. The highest BCUT2D eigenvalue weighted by atomic mass is 16.7. The minimum atomic E-state index is -1.54. The van der Waals surface area contributed by atoms with E-state index in [1.165, 1.54) is 39.5 Å². The number of benzene rings is 2. The van der Waals surface area contributed by atoms with Crippen molar-refractivity contribution in [3.05, 3.63) is 47.5 Å². The Kier molecular flexibility index (Phi) is 11.4. The topological polar surface area (TPSA) is 197 Å². The lowest BCUT2D eigenvalue weighted by Crippen LogP contribution is -2.59. The van der Waals surface area contributed by atoms with Gasteiger partial charge in [-0.2, -0.15) is 0 Å². The molecule has 0 spiro atoms. The highest BCUT2D eigenvalue weighted by Gasteiger charge is 2.43. The molecule has 7 N–H and O–H groups in total. The Morgan fingerprint density at radius 1 is 0.900 bits per heavy atom. The van der Waals surface area contributed by atoms with Crippen LogP contribution in [-0.4, -0.2) is 114 Å². The number of hydrogen-bond acceptors (Lipinski definition) is 13. The van der Waals surface area contributed by atoms with Gasteiger partial charge >= 0.3 is 0 Å². The smallest absolute Gasteiger partial charge is 0.204 e. The molecular weight excluding hydrogens is 532 g/mol. The fourth-order valence-electron chi connectivity index (χ4n) is 4.10. The fraction of sp³-hybridized carbons (Fsp3) is 0.481. The van der Waals surface area contributed by atoms with E-state index in [0.29, 0.717) is 11.1 Å². The van der Waals surface area contributed by atoms with Gasteiger partial charge in [0.2, 0.25) is 5.75 Å². The van der Waals surface area contributed by atoms with Crippen molar-refractivity contribution in [2.24, 2.45) is 0 Å². The molecule has 0 unspecified atom stereocenters. The summed E-state index contributed by atoms with van der Waals surface area (Å²) in [5, 5.41) is 69.8. The first-order valence-corrected chi connectivity index (χ1v) is 12.4. The number of rotatable bonds is 13. The molecule has 2 aromatic carbocycles. The molecule has 222 valence electrons. The van der Waals surface area contributed by atoms with Crippen molar-refractivity contribution in [3.63, 3.8) is 0 Å². The molecule has 0 aromatic heterocycles. The Balaban J connectivity index is 1.73. The maximum atomic E-state index is 10.9. The van der Waals surface area contributed by atoms with Gasteiger partial charge in [-0.1, -0.05) is 18.2 Å². The van der Waals surface area contributed by atoms with E-state index in [4.69, 9.17) is 28.4 Å². The summed E-state index contributed by atoms with van der Waals surface area (Å²) in [5.41, 5.74) is 0.938. The van der Waals surface area contributed by atoms with Gasteiger partial charge in [-0.05, 0) is 35.4 Å². The molecule has 1 saturated heterocycles. The second kappa shape index (κ2) is 14.5. The van der Waals surface area contributed by atoms with Crippen LogP contribution in [0.5, 0.6) is 28.7 Å². The maximum Gasteiger partial charge on any atom is 0.204 e. The van der Waals surface area contributed by atoms with E-state index in [-0.39, 0.29) is 35.4 Å². The van der Waals surface area contributed by atoms with E-state index in [2.05, 4.69) is 0 Å². The van der Waals surface area contributed by atoms with Crippen molar-refractivity contribution < 1.29 is 64.2 Å². The van der Waals surface area contributed by atoms with Crippen molar-refractivity contribution in [1.29, 1.82) is 0 Å². The van der Waals surface area contributed by atoms with Gasteiger partial charge in [0.25, 0.3) is 0 Å². The third-order valence-electron chi connectivity index (χ3n) is 6.35. The first kappa shape index (κ1) is 31.4. The van der Waals surface area contributed by atoms with Gasteiger partial charge in [-0.25, -0.2) is 0 Å². The summed E-state index contributed by atoms with van der Waals surface area (Å²) in [5.74, 6) is 0.648. The molecule has 13 nitrogen and oxygen atoms in total. The number of aliphatic hydroxyl groups excluding tert-OH is 6. The van der Waals surface area contributed by atoms with E-state index in [1.807, 2.05) is 0 Å². The third-order valence-corrected chi connectivity index (χ3v) is 6.35. The second-order valence-corrected chi connectivity index (χ2v) is 8.90. The molecule has 0 saturated carbocycles. The van der Waals surface area contributed by atoms with Crippen molar-refractivity contribution in [2.45, 2.75) is 42.9 Å². The van der Waals surface area contributed by atoms with Crippen LogP contribution >= 0.6 is 0 Å². The predicted octanol–water partition coefficient (Wildman–Crippen LogP) is -0.279. The first-order chi connectivity index (χ1) is 19.2. The van der Waals surface area contributed by atoms with Crippen LogP contribution in [0.15, 0.2) is 36.4 Å². The lowest BCUT2D eigenvalue weighted by atomic mass is 9.99. The Bertz CT molecular complexity index is 1100. The number of methoxy groups -OCH3 is 3. The minimum Gasteiger partial charge on any atom is -0.504 e. The van der Waals surface area contributed by atoms with Crippen LogP contribution in [0.2, 0.25) is 0 Å². The Morgan fingerprint density at radius 3 is 2.12 bits per heavy atom. The van der Waals surface area contributed by atoms with Crippen LogP contribution in [0, 0.1) is 0 Å². The molecule has 13 heteroatoms. The SMILES string of the molecule is COc1cc([C@H](O)[C@@H](CO)Oc2c(OC)cc(/C=C/CO[C@@H]3O[C@H](CO)[C@@H](O)[C@H](O)[C@H]3O)cc2OC)ccc1O. The number of ether oxygens (including phenoxy) is 6. The first-order valence-electron chi connectivity index (χ1n) is 12.4. The van der Waals surface area contributed by atoms with Crippen molar-refractivity contribution in [2.75, 3.05) is 41.2 Å². The molecule has 2 aromatic rings. The van der Waals surface area contributed by atoms with Crippen LogP contribution in [0.1, 0.15) is 17.2 Å². The summed E-state index contributed by atoms with van der Waals surface area (Å²) < 4.78 is 32.7. The largest absolute Gasteiger partial charge is 0.504 e. The van der Waals surface area contributed by atoms with Crippen LogP contribution in [-0.2, 0) is 9.47 Å². The van der Waals surface area contributed by atoms with Crippen LogP contribution in [0.25, 0.3) is 6.08 Å². The zero-order valence-electron chi connectivity index (χ0n) is 22.3. The maximum absolute atomic E-state index is 10.9.